The SMILES string of the molecule is CN1CCN(Cc2ccc(NC(=O)c3nc4ccc5[nH]ncc5c4c4c3CCCC4)cc2C(F)(F)F)CC1.Cc1[nH]ncc1-c1cc(-c2ccccc2)c2c(ccc3[nH]ncc32)n1.Cc1[nH]ncc1-c1cc(C2CC2)c2c(ccc3[nH]ncc32)n1.Cc1[nH]ncc1-c1cc(Nc2cccc(F)c2)c2c(ccc3[nH]ncc32)n1.Cc1[nH]ncc1-c1cc(Oc2cccc(F)c2)c2c(ccc3[nH]ncc32)n1. The van der Waals surface area contributed by atoms with Crippen LogP contribution in [0.4, 0.5) is 39.0 Å². The molecule has 34 heteroatoms. The number of halogens is 5. The summed E-state index contributed by atoms with van der Waals surface area (Å²) < 4.78 is 75.5. The summed E-state index contributed by atoms with van der Waals surface area (Å²) in [6, 6.07) is 54.8. The summed E-state index contributed by atoms with van der Waals surface area (Å²) in [7, 11) is 2.01. The Morgan fingerprint density at radius 1 is 0.417 bits per heavy atom. The van der Waals surface area contributed by atoms with Crippen molar-refractivity contribution < 1.29 is 31.5 Å². The van der Waals surface area contributed by atoms with E-state index in [-0.39, 0.29) is 35.1 Å². The Balaban J connectivity index is 0.000000101. The molecule has 1 saturated heterocycles. The Morgan fingerprint density at radius 3 is 1.40 bits per heavy atom. The van der Waals surface area contributed by atoms with Gasteiger partial charge in [-0.15, -0.1) is 0 Å². The molecule has 0 spiro atoms. The van der Waals surface area contributed by atoms with Gasteiger partial charge in [0.15, 0.2) is 0 Å². The van der Waals surface area contributed by atoms with Gasteiger partial charge in [-0.2, -0.15) is 59.1 Å². The molecule has 1 aliphatic heterocycles. The number of amides is 1. The Bertz CT molecular complexity index is 8400. The predicted molar refractivity (Wildman–Crippen MR) is 529 cm³/mol. The second-order valence-electron chi connectivity index (χ2n) is 35.2. The first-order valence-corrected chi connectivity index (χ1v) is 45.6. The van der Waals surface area contributed by atoms with Gasteiger partial charge in [0.25, 0.3) is 5.91 Å². The number of likely N-dealkylation sites (N-methyl/N-ethyl adjacent to an activating group) is 1. The number of aryl methyl sites for hydroxylation is 5. The fraction of sp³-hybridized carbons (Fsp3) is 0.171. The maximum atomic E-state index is 14.0. The Morgan fingerprint density at radius 2 is 0.878 bits per heavy atom. The average molecular weight is 1860 g/mol. The average Bonchev–Trinajstić information content (AvgIpc) is 1.52. The molecule has 9 aromatic carbocycles. The van der Waals surface area contributed by atoms with Gasteiger partial charge in [0.2, 0.25) is 0 Å². The van der Waals surface area contributed by atoms with Gasteiger partial charge in [-0.3, -0.25) is 55.6 Å². The third-order valence-electron chi connectivity index (χ3n) is 26.0. The molecule has 139 heavy (non-hydrogen) atoms. The van der Waals surface area contributed by atoms with E-state index in [0.717, 1.165) is 240 Å². The molecule has 1 amide bonds. The lowest BCUT2D eigenvalue weighted by Gasteiger charge is -2.33. The standard InChI is InChI=1S/C28H29F3N6O.C20H15FN6.C20H14FN5O.C20H15N5.C17H15N5/c1-36-10-12-37(13-11-36)16-17-6-7-18(14-22(17)28(29,30)31)33-27(38)26-20-5-3-2-4-19(20)25-21-15-32-35-23(21)8-9-24(25)34-26;1-11-14(9-22-26-11)18-8-19(24-13-4-2-3-12(21)7-13)20-15-10-23-27-16(15)5-6-17(20)25-18;1-11-14(9-22-25-11)18-8-19(27-13-4-2-3-12(21)7-13)20-15-10-23-26-16(15)5-6-17(20)24-18;1-12-15(10-21-24-12)19-9-14(13-5-3-2-4-6-13)20-16-11-22-25-17(16)7-8-18(20)23-19;1-9-12(7-18-21-9)16-6-11(10-2-3-10)17-13-8-19-22-14(13)4-5-15(17)20-16/h6-9,14-15H,2-5,10-13,16H2,1H3,(H,32,35)(H,33,38);2-10H,1H3,(H,22,26)(H,23,27)(H,24,25);2-10H,1H3,(H,22,25)(H,23,26);2-11H,1H3,(H,21,24)(H,22,25);4-8,10H,2-3H2,1H3,(H,18,21)(H,19,22). The number of fused-ring (bicyclic) bond motifs is 17. The molecule has 2 fully saturated rings. The number of hydrogen-bond acceptors (Lipinski definition) is 19. The van der Waals surface area contributed by atoms with Crippen LogP contribution < -0.4 is 15.4 Å². The normalized spacial score (nSPS) is 13.5. The summed E-state index contributed by atoms with van der Waals surface area (Å²) in [4.78, 5) is 41.7. The number of hydrogen-bond donors (Lipinski definition) is 11. The molecule has 0 unspecified atom stereocenters. The Hall–Kier alpha value is -17.1. The van der Waals surface area contributed by atoms with Crippen molar-refractivity contribution in [2.45, 2.75) is 84.9 Å². The quantitative estimate of drug-likeness (QED) is 0.0450. The summed E-state index contributed by atoms with van der Waals surface area (Å²) in [6.07, 6.45) is 17.7. The fourth-order valence-electron chi connectivity index (χ4n) is 18.8. The highest BCUT2D eigenvalue weighted by molar-refractivity contribution is 6.16. The molecule has 15 heterocycles. The molecule has 14 aromatic heterocycles. The summed E-state index contributed by atoms with van der Waals surface area (Å²) >= 11 is 0. The Kier molecular flexibility index (Phi) is 23.0. The zero-order chi connectivity index (χ0) is 94.7. The maximum absolute atomic E-state index is 14.0. The van der Waals surface area contributed by atoms with Gasteiger partial charge >= 0.3 is 6.18 Å². The second kappa shape index (κ2) is 36.6. The number of alkyl halides is 3. The van der Waals surface area contributed by atoms with Gasteiger partial charge in [0.1, 0.15) is 28.8 Å². The van der Waals surface area contributed by atoms with Crippen LogP contribution in [0.25, 0.3) is 165 Å². The number of piperazine rings is 1. The van der Waals surface area contributed by atoms with Crippen molar-refractivity contribution in [2.75, 3.05) is 43.9 Å². The van der Waals surface area contributed by atoms with Crippen molar-refractivity contribution in [1.82, 2.24) is 126 Å². The topological polar surface area (TPSA) is 379 Å². The maximum Gasteiger partial charge on any atom is 0.416 e. The van der Waals surface area contributed by atoms with E-state index >= 15 is 0 Å². The van der Waals surface area contributed by atoms with Crippen LogP contribution in [-0.2, 0) is 25.6 Å². The minimum absolute atomic E-state index is 0.112. The molecule has 1 saturated carbocycles. The first-order chi connectivity index (χ1) is 67.8. The summed E-state index contributed by atoms with van der Waals surface area (Å²) in [6.45, 7) is 11.2. The van der Waals surface area contributed by atoms with Crippen molar-refractivity contribution in [2.24, 2.45) is 0 Å². The van der Waals surface area contributed by atoms with E-state index in [4.69, 9.17) is 29.7 Å². The molecular formula is C105H88F5N27O2. The van der Waals surface area contributed by atoms with Gasteiger partial charge in [-0.1, -0.05) is 48.5 Å². The summed E-state index contributed by atoms with van der Waals surface area (Å²) in [5, 5.41) is 80.4. The highest BCUT2D eigenvalue weighted by atomic mass is 19.4. The van der Waals surface area contributed by atoms with Crippen LogP contribution in [0.15, 0.2) is 238 Å². The van der Waals surface area contributed by atoms with Crippen molar-refractivity contribution in [3.63, 3.8) is 0 Å². The van der Waals surface area contributed by atoms with E-state index in [1.165, 1.54) is 59.5 Å². The predicted octanol–water partition coefficient (Wildman–Crippen LogP) is 22.6. The van der Waals surface area contributed by atoms with Crippen LogP contribution in [0, 0.1) is 39.3 Å². The lowest BCUT2D eigenvalue weighted by Crippen LogP contribution is -2.44. The third kappa shape index (κ3) is 17.4. The van der Waals surface area contributed by atoms with E-state index in [1.807, 2.05) is 137 Å². The first-order valence-electron chi connectivity index (χ1n) is 45.6. The zero-order valence-corrected chi connectivity index (χ0v) is 75.7. The number of carbonyl (C=O) groups is 1. The van der Waals surface area contributed by atoms with Crippen LogP contribution in [0.3, 0.4) is 0 Å². The summed E-state index contributed by atoms with van der Waals surface area (Å²) in [5.74, 6) is 0.503. The molecular weight excluding hydrogens is 1770 g/mol. The number of carbonyl (C=O) groups excluding carboxylic acids is 1. The zero-order valence-electron chi connectivity index (χ0n) is 75.7. The number of nitrogens with one attached hydrogen (secondary N) is 11. The molecule has 0 bridgehead atoms. The van der Waals surface area contributed by atoms with E-state index in [9.17, 15) is 26.7 Å². The third-order valence-corrected chi connectivity index (χ3v) is 26.0. The van der Waals surface area contributed by atoms with Crippen molar-refractivity contribution in [1.29, 1.82) is 0 Å². The number of rotatable bonds is 14. The van der Waals surface area contributed by atoms with Crippen LogP contribution in [0.5, 0.6) is 11.5 Å². The smallest absolute Gasteiger partial charge is 0.416 e. The number of ether oxygens (including phenoxy) is 1. The summed E-state index contributed by atoms with van der Waals surface area (Å²) in [5.41, 5.74) is 27.3. The van der Waals surface area contributed by atoms with E-state index < -0.39 is 17.6 Å². The number of aromatic amines is 9. The molecule has 11 N–H and O–H groups in total. The molecule has 0 radical (unpaired) electrons. The van der Waals surface area contributed by atoms with Crippen LogP contribution in [-0.4, -0.2) is 166 Å². The lowest BCUT2D eigenvalue weighted by atomic mass is 9.87. The van der Waals surface area contributed by atoms with Gasteiger partial charge in [0, 0.05) is 150 Å². The first kappa shape index (κ1) is 87.2. The number of benzene rings is 9. The number of aromatic nitrogens is 23. The molecule has 690 valence electrons. The van der Waals surface area contributed by atoms with Gasteiger partial charge in [-0.05, 0) is 234 Å². The highest BCUT2D eigenvalue weighted by Gasteiger charge is 2.36. The van der Waals surface area contributed by atoms with Gasteiger partial charge in [-0.25, -0.2) is 33.7 Å². The van der Waals surface area contributed by atoms with Gasteiger partial charge in [0.05, 0.1) is 150 Å². The second-order valence-corrected chi connectivity index (χ2v) is 35.2. The van der Waals surface area contributed by atoms with Crippen molar-refractivity contribution in [3.8, 4) is 67.7 Å². The molecule has 2 aliphatic carbocycles. The van der Waals surface area contributed by atoms with Crippen LogP contribution >= 0.6 is 0 Å². The molecule has 23 aromatic rings. The molecule has 0 atom stereocenters. The van der Waals surface area contributed by atoms with E-state index in [1.54, 1.807) is 55.2 Å². The molecule has 26 rings (SSSR count). The van der Waals surface area contributed by atoms with Crippen LogP contribution in [0.2, 0.25) is 0 Å². The van der Waals surface area contributed by atoms with E-state index in [0.29, 0.717) is 35.0 Å². The largest absolute Gasteiger partial charge is 0.456 e. The van der Waals surface area contributed by atoms with Crippen LogP contribution in [0.1, 0.15) is 92.7 Å². The number of pyridine rings is 5. The minimum atomic E-state index is -4.53. The lowest BCUT2D eigenvalue weighted by molar-refractivity contribution is -0.138. The highest BCUT2D eigenvalue weighted by Crippen LogP contribution is 2.48. The number of anilines is 3. The van der Waals surface area contributed by atoms with Gasteiger partial charge < -0.3 is 20.3 Å². The monoisotopic (exact) mass is 1850 g/mol. The van der Waals surface area contributed by atoms with Crippen molar-refractivity contribution in [3.05, 3.63) is 306 Å². The molecule has 29 nitrogen and oxygen atoms in total. The number of H-pyrrole nitrogens is 9. The Labute approximate surface area is 787 Å². The minimum Gasteiger partial charge on any atom is -0.456 e. The van der Waals surface area contributed by atoms with Crippen molar-refractivity contribution >= 4 is 132 Å². The fourth-order valence-corrected chi connectivity index (χ4v) is 18.8. The molecule has 3 aliphatic rings. The number of nitrogens with zero attached hydrogens (tertiary/aromatic N) is 16. The van der Waals surface area contributed by atoms with E-state index in [2.05, 4.69) is 156 Å².